The molecule has 1 saturated carbocycles. The van der Waals surface area contributed by atoms with E-state index in [4.69, 9.17) is 14.2 Å². The maximum absolute atomic E-state index is 15.6. The van der Waals surface area contributed by atoms with Crippen molar-refractivity contribution < 1.29 is 97.3 Å². The molecule has 84 heavy (non-hydrogen) atoms. The lowest BCUT2D eigenvalue weighted by Crippen LogP contribution is -2.53. The Morgan fingerprint density at radius 2 is 1.19 bits per heavy atom. The third-order valence-electron chi connectivity index (χ3n) is 14.1. The maximum atomic E-state index is 15.6. The minimum Gasteiger partial charge on any atom is -0.504 e. The number of halogens is 1. The van der Waals surface area contributed by atoms with E-state index in [1.165, 1.54) is 41.4 Å². The first kappa shape index (κ1) is 58.2. The summed E-state index contributed by atoms with van der Waals surface area (Å²) in [7, 11) is 0. The van der Waals surface area contributed by atoms with E-state index < -0.39 is 148 Å². The zero-order chi connectivity index (χ0) is 60.1. The van der Waals surface area contributed by atoms with Gasteiger partial charge in [-0.05, 0) is 61.4 Å². The lowest BCUT2D eigenvalue weighted by Gasteiger charge is -2.36. The van der Waals surface area contributed by atoms with Crippen LogP contribution in [0.3, 0.4) is 0 Å². The number of fused-ring (bicyclic) bond motifs is 1. The molecule has 4 amide bonds. The number of nitrogens with one attached hydrogen (secondary N) is 4. The molecule has 4 heterocycles. The predicted molar refractivity (Wildman–Crippen MR) is 286 cm³/mol. The minimum absolute atomic E-state index is 0.00746. The summed E-state index contributed by atoms with van der Waals surface area (Å²) in [6, 6.07) is 8.96. The van der Waals surface area contributed by atoms with Crippen molar-refractivity contribution in [1.29, 1.82) is 0 Å². The van der Waals surface area contributed by atoms with Crippen LogP contribution >= 0.6 is 0 Å². The molecule has 3 atom stereocenters. The number of para-hydroxylation sites is 2. The van der Waals surface area contributed by atoms with E-state index in [9.17, 15) is 78.9 Å². The number of nitrogens with zero attached hydrogens (tertiary/aromatic N) is 4. The van der Waals surface area contributed by atoms with E-state index in [2.05, 4.69) is 21.3 Å². The van der Waals surface area contributed by atoms with Gasteiger partial charge in [0.15, 0.2) is 70.6 Å². The number of carbonyl (C=O) groups excluding carboxylic acids is 7. The van der Waals surface area contributed by atoms with Gasteiger partial charge in [0.05, 0.1) is 22.3 Å². The zero-order valence-corrected chi connectivity index (χ0v) is 44.2. The fourth-order valence-corrected chi connectivity index (χ4v) is 9.39. The number of esters is 3. The maximum Gasteiger partial charge on any atom is 0.341 e. The summed E-state index contributed by atoms with van der Waals surface area (Å²) in [5.41, 5.74) is -1.78. The van der Waals surface area contributed by atoms with Gasteiger partial charge in [-0.1, -0.05) is 12.1 Å². The topological polar surface area (TPSA) is 386 Å². The first-order chi connectivity index (χ1) is 40.2. The van der Waals surface area contributed by atoms with Crippen LogP contribution in [0.1, 0.15) is 72.3 Å². The summed E-state index contributed by atoms with van der Waals surface area (Å²) in [5.74, 6) is -15.2. The highest BCUT2D eigenvalue weighted by atomic mass is 19.1. The van der Waals surface area contributed by atoms with Crippen molar-refractivity contribution in [3.8, 4) is 40.2 Å². The number of benzene rings is 4. The number of aromatic hydroxyl groups is 6. The molecule has 2 saturated heterocycles. The number of rotatable bonds is 15. The predicted octanol–water partition coefficient (Wildman–Crippen LogP) is 0.851. The van der Waals surface area contributed by atoms with Gasteiger partial charge in [-0.25, -0.2) is 23.6 Å². The summed E-state index contributed by atoms with van der Waals surface area (Å²) >= 11 is 0. The van der Waals surface area contributed by atoms with Gasteiger partial charge in [0.1, 0.15) is 31.2 Å². The molecule has 11 N–H and O–H groups in total. The number of phenolic OH excluding ortho intramolecular Hbond substituents is 6. The van der Waals surface area contributed by atoms with Crippen LogP contribution in [0.4, 0.5) is 10.1 Å². The molecule has 9 rings (SSSR count). The SMILES string of the molecule is O=C(CCN1CCN(c2cc3c(cc2F)c(=O)c(C(=O)O)cn3C2CC2)CC1)NCc1ccc[n+](-c2ccc(O)c(O)c2C(=O)NC2COC(=O)C(NC(=O)c3cccc(O)c3O)COC(=O)C(NC(=O)c3cccc(O)c3O)COC2=O)c1. The largest absolute Gasteiger partial charge is 0.504 e. The van der Waals surface area contributed by atoms with Crippen LogP contribution in [0, 0.1) is 5.82 Å². The van der Waals surface area contributed by atoms with E-state index >= 15 is 4.39 Å². The molecule has 28 heteroatoms. The van der Waals surface area contributed by atoms with Crippen LogP contribution in [0.5, 0.6) is 34.5 Å². The Bertz CT molecular complexity index is 3650. The second-order valence-corrected chi connectivity index (χ2v) is 19.8. The summed E-state index contributed by atoms with van der Waals surface area (Å²) in [6.45, 7) is -1.07. The summed E-state index contributed by atoms with van der Waals surface area (Å²) in [5, 5.41) is 81.5. The van der Waals surface area contributed by atoms with Gasteiger partial charge in [-0.15, -0.1) is 0 Å². The molecular weight excluding hydrogens is 1110 g/mol. The summed E-state index contributed by atoms with van der Waals surface area (Å²) < 4.78 is 34.5. The van der Waals surface area contributed by atoms with E-state index in [1.807, 2.05) is 9.80 Å². The Kier molecular flexibility index (Phi) is 17.1. The highest BCUT2D eigenvalue weighted by Gasteiger charge is 2.37. The quantitative estimate of drug-likeness (QED) is 0.0294. The number of hydrogen-bond donors (Lipinski definition) is 11. The van der Waals surface area contributed by atoms with Crippen molar-refractivity contribution in [3.05, 3.63) is 135 Å². The molecule has 438 valence electrons. The van der Waals surface area contributed by atoms with Crippen molar-refractivity contribution in [2.75, 3.05) is 57.4 Å². The number of ether oxygens (including phenoxy) is 3. The normalized spacial score (nSPS) is 17.8. The lowest BCUT2D eigenvalue weighted by atomic mass is 10.1. The Labute approximate surface area is 473 Å². The highest BCUT2D eigenvalue weighted by Crippen LogP contribution is 2.39. The molecule has 6 aromatic rings. The van der Waals surface area contributed by atoms with Crippen LogP contribution < -0.4 is 36.2 Å². The second-order valence-electron chi connectivity index (χ2n) is 19.8. The number of cyclic esters (lactones) is 3. The summed E-state index contributed by atoms with van der Waals surface area (Å²) in [4.78, 5) is 124. The number of carbonyl (C=O) groups is 8. The molecule has 2 aromatic heterocycles. The number of aromatic carboxylic acids is 1. The Hall–Kier alpha value is -10.5. The van der Waals surface area contributed by atoms with Crippen molar-refractivity contribution >= 4 is 64.1 Å². The molecule has 3 fully saturated rings. The Balaban J connectivity index is 0.860. The number of amides is 4. The standard InChI is InChI=1S/C56H53FN8O19/c57-34-20-32-39(65(29-9-10-29)24-33(46(32)70)53(77)78)21-40(34)63-18-16-62(17-19-63)15-13-44(69)58-22-28-4-3-14-64(23-28)38-11-12-43(68)49(73)45(38)52(76)61-37-27-84-55(80)35(59-50(74)30-5-1-7-41(66)47(30)71)25-82-54(79)36(26-83-56(37)81)60-51(75)31-6-2-8-42(67)48(31)72/h1-8,11-12,14,20-21,23-24,29,35-37H,9-10,13,15-19,22,25-27H2,(H10-,58,59,60,61,66,67,68,69,71,72,73,74,75,76,77,78)/p+1. The van der Waals surface area contributed by atoms with Crippen LogP contribution in [-0.2, 0) is 39.9 Å². The number of hydrogen-bond acceptors (Lipinski definition) is 20. The molecular formula is C56H54FN8O19+. The van der Waals surface area contributed by atoms with Gasteiger partial charge >= 0.3 is 23.9 Å². The number of anilines is 1. The molecule has 2 aliphatic heterocycles. The average molecular weight is 1160 g/mol. The number of pyridine rings is 2. The first-order valence-corrected chi connectivity index (χ1v) is 26.0. The zero-order valence-electron chi connectivity index (χ0n) is 44.2. The fourth-order valence-electron chi connectivity index (χ4n) is 9.39. The average Bonchev–Trinajstić information content (AvgIpc) is 2.99. The van der Waals surface area contributed by atoms with Gasteiger partial charge in [0.2, 0.25) is 17.0 Å². The van der Waals surface area contributed by atoms with Crippen LogP contribution in [0.25, 0.3) is 16.6 Å². The molecule has 0 radical (unpaired) electrons. The Morgan fingerprint density at radius 1 is 0.643 bits per heavy atom. The molecule has 4 aromatic carbocycles. The van der Waals surface area contributed by atoms with E-state index in [-0.39, 0.29) is 41.7 Å². The van der Waals surface area contributed by atoms with Crippen LogP contribution in [-0.4, -0.2) is 163 Å². The number of phenols is 6. The van der Waals surface area contributed by atoms with Gasteiger partial charge in [0.25, 0.3) is 17.7 Å². The van der Waals surface area contributed by atoms with Crippen LogP contribution in [0.2, 0.25) is 0 Å². The van der Waals surface area contributed by atoms with Crippen molar-refractivity contribution in [2.45, 2.75) is 50.0 Å². The molecule has 0 bridgehead atoms. The summed E-state index contributed by atoms with van der Waals surface area (Å²) in [6.07, 6.45) is 5.95. The van der Waals surface area contributed by atoms with Crippen molar-refractivity contribution in [2.24, 2.45) is 0 Å². The smallest absolute Gasteiger partial charge is 0.341 e. The number of piperazine rings is 1. The van der Waals surface area contributed by atoms with E-state index in [1.54, 1.807) is 22.8 Å². The molecule has 1 aliphatic carbocycles. The second kappa shape index (κ2) is 24.7. The monoisotopic (exact) mass is 1160 g/mol. The molecule has 27 nitrogen and oxygen atoms in total. The van der Waals surface area contributed by atoms with Gasteiger partial charge in [-0.3, -0.25) is 28.9 Å². The van der Waals surface area contributed by atoms with Gasteiger partial charge < -0.3 is 80.7 Å². The van der Waals surface area contributed by atoms with E-state index in [0.717, 1.165) is 49.2 Å². The third-order valence-corrected chi connectivity index (χ3v) is 14.1. The van der Waals surface area contributed by atoms with Crippen molar-refractivity contribution in [1.82, 2.24) is 30.7 Å². The lowest BCUT2D eigenvalue weighted by molar-refractivity contribution is -0.596. The van der Waals surface area contributed by atoms with Crippen molar-refractivity contribution in [3.63, 3.8) is 0 Å². The molecule has 3 unspecified atom stereocenters. The van der Waals surface area contributed by atoms with Crippen LogP contribution in [0.15, 0.2) is 96.2 Å². The number of carboxylic acid groups (broad SMARTS) is 1. The van der Waals surface area contributed by atoms with E-state index in [0.29, 0.717) is 43.8 Å². The number of carboxylic acids is 1. The molecule has 3 aliphatic rings. The first-order valence-electron chi connectivity index (χ1n) is 26.0. The highest BCUT2D eigenvalue weighted by molar-refractivity contribution is 6.03. The fraction of sp³-hybridized carbons (Fsp3) is 0.286. The van der Waals surface area contributed by atoms with Gasteiger partial charge in [-0.2, -0.15) is 4.57 Å². The van der Waals surface area contributed by atoms with Gasteiger partial charge in [0, 0.05) is 81.0 Å². The minimum atomic E-state index is -2.02. The Morgan fingerprint density at radius 3 is 1.74 bits per heavy atom. The third kappa shape index (κ3) is 12.8. The molecule has 0 spiro atoms. The number of aromatic nitrogens is 2.